The van der Waals surface area contributed by atoms with Crippen LogP contribution in [-0.4, -0.2) is 46.5 Å². The monoisotopic (exact) mass is 418 g/mol. The average molecular weight is 418 g/mol. The van der Waals surface area contributed by atoms with E-state index >= 15 is 0 Å². The Labute approximate surface area is 180 Å². The molecular weight excluding hydrogens is 392 g/mol. The Balaban J connectivity index is 1.54. The average Bonchev–Trinajstić information content (AvgIpc) is 2.77. The third kappa shape index (κ3) is 3.91. The lowest BCUT2D eigenvalue weighted by Gasteiger charge is -2.37. The van der Waals surface area contributed by atoms with E-state index in [0.29, 0.717) is 29.6 Å². The van der Waals surface area contributed by atoms with Gasteiger partial charge >= 0.3 is 5.69 Å². The first-order valence-corrected chi connectivity index (χ1v) is 10.4. The Kier molecular flexibility index (Phi) is 5.50. The fourth-order valence-corrected chi connectivity index (χ4v) is 4.08. The van der Waals surface area contributed by atoms with Crippen molar-refractivity contribution in [2.24, 2.45) is 0 Å². The summed E-state index contributed by atoms with van der Waals surface area (Å²) in [6, 6.07) is 11.3. The molecule has 0 spiro atoms. The second kappa shape index (κ2) is 8.26. The summed E-state index contributed by atoms with van der Waals surface area (Å²) in [5.74, 6) is -0.0985. The molecule has 1 aromatic heterocycles. The van der Waals surface area contributed by atoms with E-state index in [1.54, 1.807) is 18.2 Å². The molecule has 1 amide bonds. The van der Waals surface area contributed by atoms with Gasteiger partial charge in [-0.15, -0.1) is 6.58 Å². The zero-order valence-electron chi connectivity index (χ0n) is 17.9. The molecule has 1 saturated heterocycles. The van der Waals surface area contributed by atoms with Crippen LogP contribution in [0.1, 0.15) is 21.5 Å². The van der Waals surface area contributed by atoms with Gasteiger partial charge in [-0.05, 0) is 49.2 Å². The van der Waals surface area contributed by atoms with E-state index in [1.807, 2.05) is 4.90 Å². The number of rotatable bonds is 4. The van der Waals surface area contributed by atoms with Gasteiger partial charge in [-0.25, -0.2) is 4.79 Å². The summed E-state index contributed by atoms with van der Waals surface area (Å²) in [7, 11) is 0. The van der Waals surface area contributed by atoms with Crippen molar-refractivity contribution < 1.29 is 4.79 Å². The second-order valence-corrected chi connectivity index (χ2v) is 7.96. The maximum atomic E-state index is 13.1. The summed E-state index contributed by atoms with van der Waals surface area (Å²) >= 11 is 0. The Morgan fingerprint density at radius 2 is 1.81 bits per heavy atom. The molecule has 0 bridgehead atoms. The number of hydrogen-bond donors (Lipinski definition) is 1. The Bertz CT molecular complexity index is 1280. The Morgan fingerprint density at radius 3 is 2.52 bits per heavy atom. The van der Waals surface area contributed by atoms with Crippen LogP contribution in [0.4, 0.5) is 5.69 Å². The number of benzene rings is 2. The maximum absolute atomic E-state index is 13.1. The van der Waals surface area contributed by atoms with E-state index in [2.05, 4.69) is 48.5 Å². The molecule has 1 N–H and O–H groups in total. The summed E-state index contributed by atoms with van der Waals surface area (Å²) in [5, 5.41) is 0.373. The molecule has 2 heterocycles. The number of amides is 1. The number of carbonyl (C=O) groups excluding carboxylic acids is 1. The summed E-state index contributed by atoms with van der Waals surface area (Å²) in [5.41, 5.74) is 3.59. The van der Waals surface area contributed by atoms with Crippen LogP contribution in [0.2, 0.25) is 0 Å². The number of aromatic amines is 1. The van der Waals surface area contributed by atoms with Crippen LogP contribution in [0, 0.1) is 13.8 Å². The van der Waals surface area contributed by atoms with Gasteiger partial charge in [-0.3, -0.25) is 14.2 Å². The number of fused-ring (bicyclic) bond motifs is 1. The lowest BCUT2D eigenvalue weighted by Crippen LogP contribution is -2.49. The van der Waals surface area contributed by atoms with E-state index in [1.165, 1.54) is 22.9 Å². The van der Waals surface area contributed by atoms with Crippen molar-refractivity contribution >= 4 is 22.5 Å². The number of piperazine rings is 1. The molecule has 4 rings (SSSR count). The van der Waals surface area contributed by atoms with Crippen LogP contribution in [-0.2, 0) is 6.54 Å². The van der Waals surface area contributed by atoms with Gasteiger partial charge in [0.1, 0.15) is 0 Å². The summed E-state index contributed by atoms with van der Waals surface area (Å²) in [4.78, 5) is 44.6. The number of aryl methyl sites for hydroxylation is 2. The van der Waals surface area contributed by atoms with Gasteiger partial charge in [0.25, 0.3) is 11.5 Å². The first-order chi connectivity index (χ1) is 14.9. The van der Waals surface area contributed by atoms with Gasteiger partial charge in [-0.1, -0.05) is 18.2 Å². The second-order valence-electron chi connectivity index (χ2n) is 7.96. The number of H-pyrrole nitrogens is 1. The highest BCUT2D eigenvalue weighted by Crippen LogP contribution is 2.23. The Hall–Kier alpha value is -3.61. The van der Waals surface area contributed by atoms with Crippen molar-refractivity contribution in [2.75, 3.05) is 31.1 Å². The van der Waals surface area contributed by atoms with E-state index in [0.717, 1.165) is 17.7 Å². The molecule has 1 fully saturated rings. The molecule has 0 atom stereocenters. The number of carbonyl (C=O) groups is 1. The van der Waals surface area contributed by atoms with Crippen LogP contribution in [0.3, 0.4) is 0 Å². The molecular formula is C24H26N4O3. The van der Waals surface area contributed by atoms with Crippen molar-refractivity contribution in [3.8, 4) is 0 Å². The number of aromatic nitrogens is 2. The number of hydrogen-bond acceptors (Lipinski definition) is 4. The first-order valence-electron chi connectivity index (χ1n) is 10.4. The van der Waals surface area contributed by atoms with E-state index < -0.39 is 5.69 Å². The lowest BCUT2D eigenvalue weighted by atomic mass is 10.1. The number of allylic oxidation sites excluding steroid dienone is 1. The van der Waals surface area contributed by atoms with Gasteiger partial charge in [-0.2, -0.15) is 0 Å². The highest BCUT2D eigenvalue weighted by molar-refractivity contribution is 5.97. The largest absolute Gasteiger partial charge is 0.368 e. The Morgan fingerprint density at radius 1 is 1.06 bits per heavy atom. The molecule has 7 heteroatoms. The third-order valence-electron chi connectivity index (χ3n) is 5.81. The van der Waals surface area contributed by atoms with E-state index in [-0.39, 0.29) is 18.0 Å². The molecule has 0 saturated carbocycles. The summed E-state index contributed by atoms with van der Waals surface area (Å²) < 4.78 is 1.09. The highest BCUT2D eigenvalue weighted by Gasteiger charge is 2.23. The minimum Gasteiger partial charge on any atom is -0.368 e. The third-order valence-corrected chi connectivity index (χ3v) is 5.81. The summed E-state index contributed by atoms with van der Waals surface area (Å²) in [6.45, 7) is 10.6. The highest BCUT2D eigenvalue weighted by atomic mass is 16.2. The predicted molar refractivity (Wildman–Crippen MR) is 123 cm³/mol. The lowest BCUT2D eigenvalue weighted by molar-refractivity contribution is 0.0747. The predicted octanol–water partition coefficient (Wildman–Crippen LogP) is 2.46. The number of nitrogens with one attached hydrogen (secondary N) is 1. The molecule has 0 unspecified atom stereocenters. The van der Waals surface area contributed by atoms with Crippen LogP contribution < -0.4 is 16.1 Å². The molecule has 0 radical (unpaired) electrons. The standard InChI is InChI=1S/C24H26N4O3/c1-4-9-28-23(30)19-8-7-18(15-20(19)25-24(28)31)22(29)27-12-10-26(11-13-27)21-14-16(2)5-6-17(21)3/h4-8,14-15H,1,9-13H2,2-3H3,(H,25,31). The van der Waals surface area contributed by atoms with Gasteiger partial charge in [0, 0.05) is 44.0 Å². The first kappa shape index (κ1) is 20.7. The van der Waals surface area contributed by atoms with Crippen LogP contribution >= 0.6 is 0 Å². The zero-order chi connectivity index (χ0) is 22.1. The molecule has 1 aliphatic heterocycles. The molecule has 3 aromatic rings. The maximum Gasteiger partial charge on any atom is 0.329 e. The molecule has 2 aromatic carbocycles. The minimum absolute atomic E-state index is 0.0985. The number of nitrogens with zero attached hydrogens (tertiary/aromatic N) is 3. The SMILES string of the molecule is C=CCn1c(=O)[nH]c2cc(C(=O)N3CCN(c4cc(C)ccc4C)CC3)ccc2c1=O. The van der Waals surface area contributed by atoms with Crippen molar-refractivity contribution in [1.29, 1.82) is 0 Å². The van der Waals surface area contributed by atoms with Gasteiger partial charge in [0.05, 0.1) is 10.9 Å². The van der Waals surface area contributed by atoms with Crippen LogP contribution in [0.25, 0.3) is 10.9 Å². The number of anilines is 1. The normalized spacial score (nSPS) is 14.1. The summed E-state index contributed by atoms with van der Waals surface area (Å²) in [6.07, 6.45) is 1.50. The quantitative estimate of drug-likeness (QED) is 0.660. The smallest absolute Gasteiger partial charge is 0.329 e. The fourth-order valence-electron chi connectivity index (χ4n) is 4.08. The van der Waals surface area contributed by atoms with Crippen molar-refractivity contribution in [2.45, 2.75) is 20.4 Å². The van der Waals surface area contributed by atoms with Crippen molar-refractivity contribution in [1.82, 2.24) is 14.5 Å². The van der Waals surface area contributed by atoms with Crippen LogP contribution in [0.15, 0.2) is 58.6 Å². The van der Waals surface area contributed by atoms with Crippen LogP contribution in [0.5, 0.6) is 0 Å². The van der Waals surface area contributed by atoms with Crippen molar-refractivity contribution in [3.05, 3.63) is 86.6 Å². The fraction of sp³-hybridized carbons (Fsp3) is 0.292. The van der Waals surface area contributed by atoms with Gasteiger partial charge in [0.2, 0.25) is 0 Å². The molecule has 7 nitrogen and oxygen atoms in total. The van der Waals surface area contributed by atoms with Crippen molar-refractivity contribution in [3.63, 3.8) is 0 Å². The molecule has 31 heavy (non-hydrogen) atoms. The molecule has 1 aliphatic rings. The minimum atomic E-state index is -0.510. The van der Waals surface area contributed by atoms with Gasteiger partial charge < -0.3 is 14.8 Å². The van der Waals surface area contributed by atoms with E-state index in [4.69, 9.17) is 0 Å². The topological polar surface area (TPSA) is 78.4 Å². The van der Waals surface area contributed by atoms with E-state index in [9.17, 15) is 14.4 Å². The zero-order valence-corrected chi connectivity index (χ0v) is 17.9. The molecule has 0 aliphatic carbocycles. The molecule has 160 valence electrons. The van der Waals surface area contributed by atoms with Gasteiger partial charge in [0.15, 0.2) is 0 Å².